The van der Waals surface area contributed by atoms with Crippen LogP contribution >= 0.6 is 0 Å². The lowest BCUT2D eigenvalue weighted by Crippen LogP contribution is -2.17. The predicted molar refractivity (Wildman–Crippen MR) is 68.5 cm³/mol. The average molecular weight is 250 g/mol. The molecule has 1 amide bonds. The molecule has 0 spiro atoms. The van der Waals surface area contributed by atoms with Gasteiger partial charge < -0.3 is 10.1 Å². The third-order valence-electron chi connectivity index (χ3n) is 2.42. The van der Waals surface area contributed by atoms with Crippen molar-refractivity contribution in [3.05, 3.63) is 24.0 Å². The highest BCUT2D eigenvalue weighted by Crippen LogP contribution is 2.17. The van der Waals surface area contributed by atoms with Gasteiger partial charge in [-0.15, -0.1) is 0 Å². The topological polar surface area (TPSA) is 68.3 Å². The predicted octanol–water partition coefficient (Wildman–Crippen LogP) is 1.90. The number of nitrogens with one attached hydrogen (secondary N) is 1. The normalized spacial score (nSPS) is 10.4. The van der Waals surface area contributed by atoms with Crippen LogP contribution in [-0.2, 0) is 9.53 Å². The number of nitrogens with zero attached hydrogens (tertiary/aromatic N) is 1. The summed E-state index contributed by atoms with van der Waals surface area (Å²) in [5, 5.41) is 2.70. The SMILES string of the molecule is COCCC(=O)Nc1ccncc1C(=O)C(C)C. The van der Waals surface area contributed by atoms with E-state index in [1.165, 1.54) is 13.3 Å². The Morgan fingerprint density at radius 1 is 1.44 bits per heavy atom. The molecule has 0 saturated carbocycles. The second-order valence-electron chi connectivity index (χ2n) is 4.23. The van der Waals surface area contributed by atoms with E-state index in [9.17, 15) is 9.59 Å². The maximum Gasteiger partial charge on any atom is 0.226 e. The van der Waals surface area contributed by atoms with Crippen molar-refractivity contribution in [2.45, 2.75) is 20.3 Å². The first-order valence-corrected chi connectivity index (χ1v) is 5.83. The lowest BCUT2D eigenvalue weighted by Gasteiger charge is -2.11. The van der Waals surface area contributed by atoms with Gasteiger partial charge in [-0.05, 0) is 6.07 Å². The van der Waals surface area contributed by atoms with Crippen LogP contribution in [-0.4, -0.2) is 30.4 Å². The van der Waals surface area contributed by atoms with Crippen LogP contribution in [0.2, 0.25) is 0 Å². The number of ketones is 1. The minimum atomic E-state index is -0.180. The van der Waals surface area contributed by atoms with E-state index < -0.39 is 0 Å². The minimum Gasteiger partial charge on any atom is -0.384 e. The summed E-state index contributed by atoms with van der Waals surface area (Å²) in [6.07, 6.45) is 3.28. The number of hydrogen-bond donors (Lipinski definition) is 1. The molecule has 0 bridgehead atoms. The zero-order chi connectivity index (χ0) is 13.5. The van der Waals surface area contributed by atoms with E-state index in [0.717, 1.165) is 0 Å². The Hall–Kier alpha value is -1.75. The third-order valence-corrected chi connectivity index (χ3v) is 2.42. The molecular weight excluding hydrogens is 232 g/mol. The number of carbonyl (C=O) groups is 2. The van der Waals surface area contributed by atoms with Gasteiger partial charge >= 0.3 is 0 Å². The Balaban J connectivity index is 2.82. The highest BCUT2D eigenvalue weighted by molar-refractivity contribution is 6.05. The molecule has 0 radical (unpaired) electrons. The van der Waals surface area contributed by atoms with Crippen LogP contribution in [0, 0.1) is 5.92 Å². The van der Waals surface area contributed by atoms with Crippen molar-refractivity contribution in [3.8, 4) is 0 Å². The van der Waals surface area contributed by atoms with Crippen molar-refractivity contribution in [3.63, 3.8) is 0 Å². The van der Waals surface area contributed by atoms with E-state index in [0.29, 0.717) is 17.9 Å². The number of amides is 1. The van der Waals surface area contributed by atoms with Gasteiger partial charge in [-0.25, -0.2) is 0 Å². The zero-order valence-corrected chi connectivity index (χ0v) is 10.9. The van der Waals surface area contributed by atoms with Crippen molar-refractivity contribution >= 4 is 17.4 Å². The number of hydrogen-bond acceptors (Lipinski definition) is 4. The quantitative estimate of drug-likeness (QED) is 0.783. The van der Waals surface area contributed by atoms with Gasteiger partial charge in [0.2, 0.25) is 5.91 Å². The molecule has 5 heteroatoms. The molecule has 5 nitrogen and oxygen atoms in total. The third kappa shape index (κ3) is 3.92. The molecule has 1 N–H and O–H groups in total. The number of rotatable bonds is 6. The molecule has 0 aliphatic rings. The summed E-state index contributed by atoms with van der Waals surface area (Å²) in [6, 6.07) is 1.63. The van der Waals surface area contributed by atoms with Gasteiger partial charge in [0.1, 0.15) is 0 Å². The van der Waals surface area contributed by atoms with E-state index in [-0.39, 0.29) is 24.0 Å². The number of Topliss-reactive ketones (excluding diaryl/α,β-unsaturated/α-hetero) is 1. The first kappa shape index (κ1) is 14.3. The number of anilines is 1. The lowest BCUT2D eigenvalue weighted by molar-refractivity contribution is -0.117. The van der Waals surface area contributed by atoms with Crippen LogP contribution in [0.15, 0.2) is 18.5 Å². The fourth-order valence-corrected chi connectivity index (χ4v) is 1.42. The molecular formula is C13H18N2O3. The summed E-state index contributed by atoms with van der Waals surface area (Å²) in [6.45, 7) is 3.97. The highest BCUT2D eigenvalue weighted by Gasteiger charge is 2.16. The summed E-state index contributed by atoms with van der Waals surface area (Å²) in [5.41, 5.74) is 0.947. The number of methoxy groups -OCH3 is 1. The second-order valence-corrected chi connectivity index (χ2v) is 4.23. The number of ether oxygens (including phenoxy) is 1. The number of carbonyl (C=O) groups excluding carboxylic acids is 2. The summed E-state index contributed by atoms with van der Waals surface area (Å²) in [4.78, 5) is 27.5. The van der Waals surface area contributed by atoms with E-state index >= 15 is 0 Å². The first-order valence-electron chi connectivity index (χ1n) is 5.83. The second kappa shape index (κ2) is 6.86. The van der Waals surface area contributed by atoms with E-state index in [1.54, 1.807) is 12.3 Å². The highest BCUT2D eigenvalue weighted by atomic mass is 16.5. The van der Waals surface area contributed by atoms with Crippen molar-refractivity contribution < 1.29 is 14.3 Å². The Kier molecular flexibility index (Phi) is 5.45. The van der Waals surface area contributed by atoms with Crippen molar-refractivity contribution in [2.75, 3.05) is 19.0 Å². The average Bonchev–Trinajstić information content (AvgIpc) is 2.36. The standard InChI is InChI=1S/C13H18N2O3/c1-9(2)13(17)10-8-14-6-4-11(10)15-12(16)5-7-18-3/h4,6,8-9H,5,7H2,1-3H3,(H,14,15,16). The summed E-state index contributed by atoms with van der Waals surface area (Å²) >= 11 is 0. The summed E-state index contributed by atoms with van der Waals surface area (Å²) < 4.78 is 4.83. The summed E-state index contributed by atoms with van der Waals surface area (Å²) in [7, 11) is 1.54. The molecule has 0 atom stereocenters. The van der Waals surface area contributed by atoms with Crippen LogP contribution in [0.5, 0.6) is 0 Å². The molecule has 1 aromatic rings. The van der Waals surface area contributed by atoms with E-state index in [2.05, 4.69) is 10.3 Å². The molecule has 0 unspecified atom stereocenters. The smallest absolute Gasteiger partial charge is 0.226 e. The lowest BCUT2D eigenvalue weighted by atomic mass is 10.0. The monoisotopic (exact) mass is 250 g/mol. The van der Waals surface area contributed by atoms with Gasteiger partial charge in [-0.3, -0.25) is 14.6 Å². The molecule has 1 heterocycles. The van der Waals surface area contributed by atoms with Gasteiger partial charge in [0.15, 0.2) is 5.78 Å². The Labute approximate surface area is 107 Å². The molecule has 1 rings (SSSR count). The van der Waals surface area contributed by atoms with Crippen LogP contribution < -0.4 is 5.32 Å². The summed E-state index contributed by atoms with van der Waals surface area (Å²) in [5.74, 6) is -0.352. The number of pyridine rings is 1. The van der Waals surface area contributed by atoms with Crippen molar-refractivity contribution in [1.82, 2.24) is 4.98 Å². The minimum absolute atomic E-state index is 0.0369. The van der Waals surface area contributed by atoms with E-state index in [1.807, 2.05) is 13.8 Å². The van der Waals surface area contributed by atoms with Gasteiger partial charge in [0, 0.05) is 25.4 Å². The van der Waals surface area contributed by atoms with Crippen LogP contribution in [0.4, 0.5) is 5.69 Å². The van der Waals surface area contributed by atoms with Crippen LogP contribution in [0.25, 0.3) is 0 Å². The molecule has 1 aromatic heterocycles. The largest absolute Gasteiger partial charge is 0.384 e. The Bertz CT molecular complexity index is 430. The Morgan fingerprint density at radius 2 is 2.17 bits per heavy atom. The fraction of sp³-hybridized carbons (Fsp3) is 0.462. The van der Waals surface area contributed by atoms with Gasteiger partial charge in [0.25, 0.3) is 0 Å². The maximum absolute atomic E-state index is 11.9. The molecule has 0 aliphatic heterocycles. The van der Waals surface area contributed by atoms with Gasteiger partial charge in [-0.1, -0.05) is 13.8 Å². The van der Waals surface area contributed by atoms with Crippen LogP contribution in [0.3, 0.4) is 0 Å². The van der Waals surface area contributed by atoms with Gasteiger partial charge in [0.05, 0.1) is 24.3 Å². The molecule has 0 fully saturated rings. The van der Waals surface area contributed by atoms with Crippen LogP contribution in [0.1, 0.15) is 30.6 Å². The van der Waals surface area contributed by atoms with Gasteiger partial charge in [-0.2, -0.15) is 0 Å². The van der Waals surface area contributed by atoms with E-state index in [4.69, 9.17) is 4.74 Å². The maximum atomic E-state index is 11.9. The molecule has 18 heavy (non-hydrogen) atoms. The first-order chi connectivity index (χ1) is 8.56. The zero-order valence-electron chi connectivity index (χ0n) is 10.9. The van der Waals surface area contributed by atoms with Crippen molar-refractivity contribution in [1.29, 1.82) is 0 Å². The number of aromatic nitrogens is 1. The molecule has 0 aromatic carbocycles. The van der Waals surface area contributed by atoms with Crippen molar-refractivity contribution in [2.24, 2.45) is 5.92 Å². The fourth-order valence-electron chi connectivity index (χ4n) is 1.42. The Morgan fingerprint density at radius 3 is 2.78 bits per heavy atom. The molecule has 0 aliphatic carbocycles. The molecule has 0 saturated heterocycles. The molecule has 98 valence electrons.